The van der Waals surface area contributed by atoms with Crippen molar-refractivity contribution in [2.75, 3.05) is 12.8 Å². The number of aromatic nitrogens is 1. The molecule has 0 atom stereocenters. The molecule has 0 unspecified atom stereocenters. The van der Waals surface area contributed by atoms with Crippen LogP contribution in [0, 0.1) is 5.82 Å². The lowest BCUT2D eigenvalue weighted by Crippen LogP contribution is -2.10. The lowest BCUT2D eigenvalue weighted by Gasteiger charge is -2.13. The van der Waals surface area contributed by atoms with E-state index >= 15 is 0 Å². The van der Waals surface area contributed by atoms with E-state index in [-0.39, 0.29) is 27.0 Å². The molecule has 4 nitrogen and oxygen atoms in total. The van der Waals surface area contributed by atoms with Gasteiger partial charge in [-0.1, -0.05) is 29.3 Å². The SMILES string of the molecule is COC(=O)c1nc(-c2ccc(C(F)(F)F)c(F)c2)c(Cl)c(N)c1Cl. The van der Waals surface area contributed by atoms with Crippen molar-refractivity contribution < 1.29 is 27.1 Å². The van der Waals surface area contributed by atoms with Crippen molar-refractivity contribution >= 4 is 34.9 Å². The molecule has 128 valence electrons. The molecule has 1 aromatic heterocycles. The van der Waals surface area contributed by atoms with Crippen molar-refractivity contribution in [2.45, 2.75) is 6.18 Å². The third-order valence-corrected chi connectivity index (χ3v) is 3.80. The second-order valence-corrected chi connectivity index (χ2v) is 5.29. The molecule has 0 radical (unpaired) electrons. The van der Waals surface area contributed by atoms with E-state index in [4.69, 9.17) is 28.9 Å². The summed E-state index contributed by atoms with van der Waals surface area (Å²) in [6.45, 7) is 0. The number of esters is 1. The zero-order chi connectivity index (χ0) is 18.2. The number of rotatable bonds is 2. The predicted octanol–water partition coefficient (Wildman–Crippen LogP) is 4.58. The van der Waals surface area contributed by atoms with Gasteiger partial charge in [0.05, 0.1) is 34.1 Å². The fourth-order valence-corrected chi connectivity index (χ4v) is 2.39. The van der Waals surface area contributed by atoms with Crippen LogP contribution in [0.1, 0.15) is 16.1 Å². The molecule has 0 fully saturated rings. The van der Waals surface area contributed by atoms with Crippen molar-refractivity contribution in [2.24, 2.45) is 0 Å². The Morgan fingerprint density at radius 2 is 1.88 bits per heavy atom. The first-order valence-corrected chi connectivity index (χ1v) is 6.93. The van der Waals surface area contributed by atoms with E-state index in [0.717, 1.165) is 13.2 Å². The van der Waals surface area contributed by atoms with Gasteiger partial charge in [0, 0.05) is 5.56 Å². The van der Waals surface area contributed by atoms with Crippen LogP contribution in [0.5, 0.6) is 0 Å². The van der Waals surface area contributed by atoms with Gasteiger partial charge in [-0.05, 0) is 12.1 Å². The van der Waals surface area contributed by atoms with E-state index in [9.17, 15) is 22.4 Å². The highest BCUT2D eigenvalue weighted by Gasteiger charge is 2.34. The van der Waals surface area contributed by atoms with Crippen LogP contribution in [0.15, 0.2) is 18.2 Å². The van der Waals surface area contributed by atoms with Crippen LogP contribution in [-0.2, 0) is 10.9 Å². The fourth-order valence-electron chi connectivity index (χ4n) is 1.88. The Balaban J connectivity index is 2.67. The van der Waals surface area contributed by atoms with Crippen LogP contribution < -0.4 is 5.73 Å². The van der Waals surface area contributed by atoms with Crippen LogP contribution in [0.3, 0.4) is 0 Å². The van der Waals surface area contributed by atoms with Crippen LogP contribution >= 0.6 is 23.2 Å². The number of ether oxygens (including phenoxy) is 1. The number of benzene rings is 1. The molecular formula is C14H8Cl2F4N2O2. The Labute approximate surface area is 143 Å². The number of halogens is 6. The first-order chi connectivity index (χ1) is 11.1. The van der Waals surface area contributed by atoms with Gasteiger partial charge in [-0.25, -0.2) is 14.2 Å². The summed E-state index contributed by atoms with van der Waals surface area (Å²) in [6.07, 6.45) is -4.85. The number of anilines is 1. The number of carbonyl (C=O) groups excluding carboxylic acids is 1. The van der Waals surface area contributed by atoms with E-state index < -0.39 is 29.2 Å². The van der Waals surface area contributed by atoms with Crippen molar-refractivity contribution in [3.63, 3.8) is 0 Å². The standard InChI is InChI=1S/C14H8Cl2F4N2O2/c1-24-13(23)12-9(16)10(21)8(15)11(22-12)5-2-3-6(7(17)4-5)14(18,19)20/h2-4H,1H3,(H2,21,22). The van der Waals surface area contributed by atoms with Crippen LogP contribution in [0.4, 0.5) is 23.2 Å². The monoisotopic (exact) mass is 382 g/mol. The molecule has 24 heavy (non-hydrogen) atoms. The third-order valence-electron chi connectivity index (χ3n) is 3.04. The molecule has 0 amide bonds. The molecule has 2 N–H and O–H groups in total. The Morgan fingerprint density at radius 1 is 1.25 bits per heavy atom. The number of hydrogen-bond acceptors (Lipinski definition) is 4. The number of nitrogens with zero attached hydrogens (tertiary/aromatic N) is 1. The molecule has 0 aliphatic rings. The highest BCUT2D eigenvalue weighted by atomic mass is 35.5. The molecule has 0 bridgehead atoms. The predicted molar refractivity (Wildman–Crippen MR) is 80.4 cm³/mol. The maximum atomic E-state index is 13.7. The lowest BCUT2D eigenvalue weighted by atomic mass is 10.1. The molecule has 0 saturated heterocycles. The molecule has 10 heteroatoms. The maximum absolute atomic E-state index is 13.7. The highest BCUT2D eigenvalue weighted by Crippen LogP contribution is 2.39. The minimum Gasteiger partial charge on any atom is -0.464 e. The van der Waals surface area contributed by atoms with Gasteiger partial charge in [0.1, 0.15) is 5.82 Å². The molecule has 0 saturated carbocycles. The Kier molecular flexibility index (Phi) is 4.91. The Bertz CT molecular complexity index is 825. The molecule has 2 aromatic rings. The fraction of sp³-hybridized carbons (Fsp3) is 0.143. The molecular weight excluding hydrogens is 375 g/mol. The van der Waals surface area contributed by atoms with Crippen molar-refractivity contribution in [3.05, 3.63) is 45.3 Å². The van der Waals surface area contributed by atoms with E-state index in [1.807, 2.05) is 0 Å². The topological polar surface area (TPSA) is 65.2 Å². The summed E-state index contributed by atoms with van der Waals surface area (Å²) in [4.78, 5) is 15.5. The molecule has 2 rings (SSSR count). The smallest absolute Gasteiger partial charge is 0.419 e. The third kappa shape index (κ3) is 3.25. The number of hydrogen-bond donors (Lipinski definition) is 1. The van der Waals surface area contributed by atoms with Gasteiger partial charge in [-0.2, -0.15) is 13.2 Å². The van der Waals surface area contributed by atoms with Gasteiger partial charge in [0.2, 0.25) is 0 Å². The number of nitrogen functional groups attached to an aromatic ring is 1. The van der Waals surface area contributed by atoms with Gasteiger partial charge < -0.3 is 10.5 Å². The second-order valence-electron chi connectivity index (χ2n) is 4.53. The zero-order valence-electron chi connectivity index (χ0n) is 11.8. The van der Waals surface area contributed by atoms with Crippen molar-refractivity contribution in [1.29, 1.82) is 0 Å². The summed E-state index contributed by atoms with van der Waals surface area (Å²) in [7, 11) is 1.07. The molecule has 1 heterocycles. The summed E-state index contributed by atoms with van der Waals surface area (Å²) in [5, 5.41) is -0.505. The largest absolute Gasteiger partial charge is 0.464 e. The number of carbonyl (C=O) groups is 1. The van der Waals surface area contributed by atoms with Gasteiger partial charge in [-0.15, -0.1) is 0 Å². The van der Waals surface area contributed by atoms with Crippen LogP contribution in [0.25, 0.3) is 11.3 Å². The molecule has 0 spiro atoms. The summed E-state index contributed by atoms with van der Waals surface area (Å²) >= 11 is 11.8. The molecule has 0 aliphatic heterocycles. The normalized spacial score (nSPS) is 11.5. The summed E-state index contributed by atoms with van der Waals surface area (Å²) in [5.74, 6) is -2.46. The summed E-state index contributed by atoms with van der Waals surface area (Å²) in [5.41, 5.74) is 3.28. The molecule has 0 aliphatic carbocycles. The Morgan fingerprint density at radius 3 is 2.38 bits per heavy atom. The quantitative estimate of drug-likeness (QED) is 0.609. The van der Waals surface area contributed by atoms with E-state index in [1.54, 1.807) is 0 Å². The average molecular weight is 383 g/mol. The second kappa shape index (κ2) is 6.45. The average Bonchev–Trinajstić information content (AvgIpc) is 2.51. The minimum atomic E-state index is -4.85. The number of pyridine rings is 1. The number of methoxy groups -OCH3 is 1. The van der Waals surface area contributed by atoms with E-state index in [0.29, 0.717) is 12.1 Å². The molecule has 1 aromatic carbocycles. The highest BCUT2D eigenvalue weighted by molar-refractivity contribution is 6.41. The van der Waals surface area contributed by atoms with Gasteiger partial charge in [0.25, 0.3) is 0 Å². The van der Waals surface area contributed by atoms with Gasteiger partial charge in [-0.3, -0.25) is 0 Å². The van der Waals surface area contributed by atoms with Gasteiger partial charge >= 0.3 is 12.1 Å². The van der Waals surface area contributed by atoms with Crippen LogP contribution in [0.2, 0.25) is 10.0 Å². The summed E-state index contributed by atoms with van der Waals surface area (Å²) < 4.78 is 56.1. The maximum Gasteiger partial charge on any atom is 0.419 e. The number of nitrogens with two attached hydrogens (primary N) is 1. The van der Waals surface area contributed by atoms with Gasteiger partial charge in [0.15, 0.2) is 5.69 Å². The van der Waals surface area contributed by atoms with E-state index in [1.165, 1.54) is 0 Å². The first-order valence-electron chi connectivity index (χ1n) is 6.17. The number of alkyl halides is 3. The first kappa shape index (κ1) is 18.3. The van der Waals surface area contributed by atoms with Crippen molar-refractivity contribution in [3.8, 4) is 11.3 Å². The minimum absolute atomic E-state index is 0.112. The zero-order valence-corrected chi connectivity index (χ0v) is 13.4. The summed E-state index contributed by atoms with van der Waals surface area (Å²) in [6, 6.07) is 2.07. The van der Waals surface area contributed by atoms with Crippen molar-refractivity contribution in [1.82, 2.24) is 4.98 Å². The lowest BCUT2D eigenvalue weighted by molar-refractivity contribution is -0.139. The van der Waals surface area contributed by atoms with Crippen LogP contribution in [-0.4, -0.2) is 18.1 Å². The van der Waals surface area contributed by atoms with E-state index in [2.05, 4.69) is 9.72 Å². The Hall–Kier alpha value is -2.06.